The molecule has 0 amide bonds. The summed E-state index contributed by atoms with van der Waals surface area (Å²) in [5.74, 6) is 0.120. The molecular weight excluding hydrogens is 200 g/mol. The molecule has 0 radical (unpaired) electrons. The third kappa shape index (κ3) is 3.87. The first-order chi connectivity index (χ1) is 6.49. The Labute approximate surface area is 84.3 Å². The summed E-state index contributed by atoms with van der Waals surface area (Å²) in [5.41, 5.74) is 1.09. The largest absolute Gasteiger partial charge is 0.274 e. The fraction of sp³-hybridized carbons (Fsp3) is 0.333. The molecule has 0 heterocycles. The molecule has 14 heavy (non-hydrogen) atoms. The Bertz CT molecular complexity index is 375. The Morgan fingerprint density at radius 3 is 2.43 bits per heavy atom. The van der Waals surface area contributed by atoms with Gasteiger partial charge in [0.25, 0.3) is 10.2 Å². The SMILES string of the molecule is CC(CNS(N)(=O)=O)c1ccccc1. The van der Waals surface area contributed by atoms with E-state index in [1.54, 1.807) is 0 Å². The summed E-state index contributed by atoms with van der Waals surface area (Å²) in [6, 6.07) is 9.67. The molecule has 0 aromatic heterocycles. The summed E-state index contributed by atoms with van der Waals surface area (Å²) in [6.45, 7) is 2.26. The molecule has 0 bridgehead atoms. The Hall–Kier alpha value is -0.910. The van der Waals surface area contributed by atoms with Crippen LogP contribution in [-0.2, 0) is 10.2 Å². The monoisotopic (exact) mass is 214 g/mol. The van der Waals surface area contributed by atoms with Gasteiger partial charge in [-0.25, -0.2) is 9.86 Å². The number of nitrogens with one attached hydrogen (secondary N) is 1. The second-order valence-electron chi connectivity index (χ2n) is 3.21. The van der Waals surface area contributed by atoms with Crippen molar-refractivity contribution in [1.29, 1.82) is 0 Å². The van der Waals surface area contributed by atoms with Crippen molar-refractivity contribution in [2.45, 2.75) is 12.8 Å². The number of nitrogens with two attached hydrogens (primary N) is 1. The van der Waals surface area contributed by atoms with Gasteiger partial charge in [-0.1, -0.05) is 37.3 Å². The number of rotatable bonds is 4. The summed E-state index contributed by atoms with van der Waals surface area (Å²) in [6.07, 6.45) is 0. The van der Waals surface area contributed by atoms with Gasteiger partial charge in [0.05, 0.1) is 0 Å². The minimum absolute atomic E-state index is 0.120. The minimum Gasteiger partial charge on any atom is -0.216 e. The van der Waals surface area contributed by atoms with Crippen LogP contribution < -0.4 is 9.86 Å². The van der Waals surface area contributed by atoms with Gasteiger partial charge >= 0.3 is 0 Å². The Morgan fingerprint density at radius 1 is 1.36 bits per heavy atom. The maximum absolute atomic E-state index is 10.6. The summed E-state index contributed by atoms with van der Waals surface area (Å²) in [7, 11) is -3.58. The highest BCUT2D eigenvalue weighted by Gasteiger charge is 2.07. The van der Waals surface area contributed by atoms with E-state index in [0.717, 1.165) is 5.56 Å². The van der Waals surface area contributed by atoms with Crippen LogP contribution in [-0.4, -0.2) is 15.0 Å². The average molecular weight is 214 g/mol. The van der Waals surface area contributed by atoms with Crippen molar-refractivity contribution in [1.82, 2.24) is 4.72 Å². The molecule has 0 aliphatic rings. The molecule has 0 spiro atoms. The lowest BCUT2D eigenvalue weighted by Gasteiger charge is -2.11. The molecule has 0 saturated carbocycles. The molecular formula is C9H14N2O2S. The predicted octanol–water partition coefficient (Wildman–Crippen LogP) is 0.583. The molecule has 0 aliphatic carbocycles. The van der Waals surface area contributed by atoms with Gasteiger partial charge in [-0.05, 0) is 11.5 Å². The first-order valence-corrected chi connectivity index (χ1v) is 5.86. The molecule has 1 unspecified atom stereocenters. The molecule has 1 aromatic carbocycles. The van der Waals surface area contributed by atoms with Gasteiger partial charge in [-0.3, -0.25) is 0 Å². The zero-order valence-corrected chi connectivity index (χ0v) is 8.79. The third-order valence-electron chi connectivity index (χ3n) is 1.96. The quantitative estimate of drug-likeness (QED) is 0.769. The summed E-state index contributed by atoms with van der Waals surface area (Å²) < 4.78 is 23.5. The van der Waals surface area contributed by atoms with Crippen LogP contribution >= 0.6 is 0 Å². The molecule has 5 heteroatoms. The van der Waals surface area contributed by atoms with Crippen LogP contribution in [0, 0.1) is 0 Å². The Balaban J connectivity index is 2.56. The molecule has 1 atom stereocenters. The first-order valence-electron chi connectivity index (χ1n) is 4.31. The lowest BCUT2D eigenvalue weighted by Crippen LogP contribution is -2.33. The highest BCUT2D eigenvalue weighted by molar-refractivity contribution is 7.87. The van der Waals surface area contributed by atoms with Crippen molar-refractivity contribution >= 4 is 10.2 Å². The van der Waals surface area contributed by atoms with E-state index in [1.165, 1.54) is 0 Å². The summed E-state index contributed by atoms with van der Waals surface area (Å²) in [4.78, 5) is 0. The Morgan fingerprint density at radius 2 is 1.93 bits per heavy atom. The van der Waals surface area contributed by atoms with Crippen LogP contribution in [0.5, 0.6) is 0 Å². The van der Waals surface area contributed by atoms with Crippen molar-refractivity contribution in [3.8, 4) is 0 Å². The van der Waals surface area contributed by atoms with Crippen molar-refractivity contribution in [2.75, 3.05) is 6.54 Å². The maximum atomic E-state index is 10.6. The zero-order chi connectivity index (χ0) is 10.6. The number of hydrogen-bond donors (Lipinski definition) is 2. The van der Waals surface area contributed by atoms with Crippen LogP contribution in [0.25, 0.3) is 0 Å². The summed E-state index contributed by atoms with van der Waals surface area (Å²) >= 11 is 0. The highest BCUT2D eigenvalue weighted by atomic mass is 32.2. The van der Waals surface area contributed by atoms with E-state index in [0.29, 0.717) is 6.54 Å². The van der Waals surface area contributed by atoms with Gasteiger partial charge in [0.1, 0.15) is 0 Å². The fourth-order valence-electron chi connectivity index (χ4n) is 1.14. The number of hydrogen-bond acceptors (Lipinski definition) is 2. The van der Waals surface area contributed by atoms with E-state index in [-0.39, 0.29) is 5.92 Å². The van der Waals surface area contributed by atoms with Gasteiger partial charge in [-0.15, -0.1) is 0 Å². The van der Waals surface area contributed by atoms with Crippen LogP contribution in [0.3, 0.4) is 0 Å². The van der Waals surface area contributed by atoms with E-state index < -0.39 is 10.2 Å². The molecule has 0 fully saturated rings. The van der Waals surface area contributed by atoms with Crippen molar-refractivity contribution < 1.29 is 8.42 Å². The second kappa shape index (κ2) is 4.54. The average Bonchev–Trinajstić information content (AvgIpc) is 2.14. The Kier molecular flexibility index (Phi) is 3.62. The molecule has 78 valence electrons. The number of benzene rings is 1. The highest BCUT2D eigenvalue weighted by Crippen LogP contribution is 2.12. The van der Waals surface area contributed by atoms with E-state index in [4.69, 9.17) is 5.14 Å². The molecule has 3 N–H and O–H groups in total. The normalized spacial score (nSPS) is 13.9. The molecule has 1 rings (SSSR count). The zero-order valence-electron chi connectivity index (χ0n) is 7.97. The molecule has 0 aliphatic heterocycles. The van der Waals surface area contributed by atoms with Gasteiger partial charge in [0.2, 0.25) is 0 Å². The smallest absolute Gasteiger partial charge is 0.216 e. The van der Waals surface area contributed by atoms with E-state index in [1.807, 2.05) is 37.3 Å². The molecule has 0 saturated heterocycles. The van der Waals surface area contributed by atoms with Gasteiger partial charge < -0.3 is 0 Å². The topological polar surface area (TPSA) is 72.2 Å². The van der Waals surface area contributed by atoms with E-state index in [9.17, 15) is 8.42 Å². The standard InChI is InChI=1S/C9H14N2O2S/c1-8(7-11-14(10,12)13)9-5-3-2-4-6-9/h2-6,8,11H,7H2,1H3,(H2,10,12,13). The third-order valence-corrected chi connectivity index (χ3v) is 2.53. The van der Waals surface area contributed by atoms with Crippen LogP contribution in [0.15, 0.2) is 30.3 Å². The lowest BCUT2D eigenvalue weighted by atomic mass is 10.0. The van der Waals surface area contributed by atoms with Gasteiger partial charge in [0, 0.05) is 6.54 Å². The molecule has 4 nitrogen and oxygen atoms in total. The van der Waals surface area contributed by atoms with Crippen LogP contribution in [0.2, 0.25) is 0 Å². The van der Waals surface area contributed by atoms with Crippen LogP contribution in [0.1, 0.15) is 18.4 Å². The first kappa shape index (κ1) is 11.2. The van der Waals surface area contributed by atoms with Gasteiger partial charge in [0.15, 0.2) is 0 Å². The second-order valence-corrected chi connectivity index (χ2v) is 4.58. The lowest BCUT2D eigenvalue weighted by molar-refractivity contribution is 0.576. The minimum atomic E-state index is -3.58. The van der Waals surface area contributed by atoms with Crippen molar-refractivity contribution in [3.05, 3.63) is 35.9 Å². The summed E-state index contributed by atoms with van der Waals surface area (Å²) in [5, 5.41) is 4.82. The van der Waals surface area contributed by atoms with Gasteiger partial charge in [-0.2, -0.15) is 8.42 Å². The van der Waals surface area contributed by atoms with Crippen molar-refractivity contribution in [3.63, 3.8) is 0 Å². The van der Waals surface area contributed by atoms with Crippen molar-refractivity contribution in [2.24, 2.45) is 5.14 Å². The fourth-order valence-corrected chi connectivity index (χ4v) is 1.62. The maximum Gasteiger partial charge on any atom is 0.274 e. The predicted molar refractivity (Wildman–Crippen MR) is 56.0 cm³/mol. The van der Waals surface area contributed by atoms with Crippen LogP contribution in [0.4, 0.5) is 0 Å². The molecule has 1 aromatic rings. The van der Waals surface area contributed by atoms with E-state index in [2.05, 4.69) is 4.72 Å². The van der Waals surface area contributed by atoms with E-state index >= 15 is 0 Å².